The molecule has 0 spiro atoms. The maximum atomic E-state index is 3.60. The molecule has 1 nitrogen and oxygen atoms in total. The number of nitrogens with one attached hydrogen (secondary N) is 1. The van der Waals surface area contributed by atoms with E-state index in [1.165, 1.54) is 39.2 Å². The van der Waals surface area contributed by atoms with Crippen LogP contribution in [0.3, 0.4) is 0 Å². The first-order valence-corrected chi connectivity index (χ1v) is 6.40. The molecule has 0 saturated carbocycles. The van der Waals surface area contributed by atoms with Crippen LogP contribution in [0.5, 0.6) is 0 Å². The SMILES string of the molecule is Cc1cc(C)c(Nc2c(C)cccc2C)c(C)c1. The van der Waals surface area contributed by atoms with Crippen molar-refractivity contribution in [2.24, 2.45) is 0 Å². The molecule has 0 fully saturated rings. The monoisotopic (exact) mass is 239 g/mol. The Morgan fingerprint density at radius 1 is 0.667 bits per heavy atom. The lowest BCUT2D eigenvalue weighted by Gasteiger charge is -2.17. The minimum atomic E-state index is 1.23. The van der Waals surface area contributed by atoms with Crippen molar-refractivity contribution in [2.45, 2.75) is 34.6 Å². The minimum Gasteiger partial charge on any atom is -0.355 e. The molecule has 1 N–H and O–H groups in total. The van der Waals surface area contributed by atoms with Crippen molar-refractivity contribution in [1.82, 2.24) is 0 Å². The molecule has 18 heavy (non-hydrogen) atoms. The number of rotatable bonds is 2. The van der Waals surface area contributed by atoms with E-state index in [4.69, 9.17) is 0 Å². The standard InChI is InChI=1S/C17H21N/c1-11-9-14(4)17(15(5)10-11)18-16-12(2)7-6-8-13(16)3/h6-10,18H,1-5H3. The number of hydrogen-bond donors (Lipinski definition) is 1. The summed E-state index contributed by atoms with van der Waals surface area (Å²) in [7, 11) is 0. The molecule has 94 valence electrons. The number of para-hydroxylation sites is 1. The van der Waals surface area contributed by atoms with E-state index in [0.717, 1.165) is 0 Å². The van der Waals surface area contributed by atoms with E-state index < -0.39 is 0 Å². The summed E-state index contributed by atoms with van der Waals surface area (Å²) in [6.07, 6.45) is 0. The van der Waals surface area contributed by atoms with Crippen molar-refractivity contribution in [3.63, 3.8) is 0 Å². The fraction of sp³-hybridized carbons (Fsp3) is 0.294. The summed E-state index contributed by atoms with van der Waals surface area (Å²) in [4.78, 5) is 0. The third-order valence-corrected chi connectivity index (χ3v) is 3.41. The highest BCUT2D eigenvalue weighted by molar-refractivity contribution is 5.71. The van der Waals surface area contributed by atoms with Gasteiger partial charge in [0.25, 0.3) is 0 Å². The predicted molar refractivity (Wildman–Crippen MR) is 79.9 cm³/mol. The third kappa shape index (κ3) is 2.40. The molecule has 0 aliphatic carbocycles. The van der Waals surface area contributed by atoms with Gasteiger partial charge in [-0.1, -0.05) is 35.9 Å². The quantitative estimate of drug-likeness (QED) is 0.780. The lowest BCUT2D eigenvalue weighted by molar-refractivity contribution is 1.29. The minimum absolute atomic E-state index is 1.23. The van der Waals surface area contributed by atoms with Crippen LogP contribution in [0, 0.1) is 34.6 Å². The van der Waals surface area contributed by atoms with Gasteiger partial charge in [-0.25, -0.2) is 0 Å². The molecule has 0 radical (unpaired) electrons. The second-order valence-electron chi connectivity index (χ2n) is 5.17. The highest BCUT2D eigenvalue weighted by Crippen LogP contribution is 2.29. The molecule has 0 atom stereocenters. The van der Waals surface area contributed by atoms with Crippen LogP contribution in [0.4, 0.5) is 11.4 Å². The van der Waals surface area contributed by atoms with Gasteiger partial charge in [0.1, 0.15) is 0 Å². The topological polar surface area (TPSA) is 12.0 Å². The molecule has 0 aliphatic rings. The molecule has 2 aromatic rings. The van der Waals surface area contributed by atoms with Gasteiger partial charge in [0, 0.05) is 11.4 Å². The summed E-state index contributed by atoms with van der Waals surface area (Å²) < 4.78 is 0. The van der Waals surface area contributed by atoms with E-state index in [1.54, 1.807) is 0 Å². The normalized spacial score (nSPS) is 10.5. The molecule has 0 bridgehead atoms. The predicted octanol–water partition coefficient (Wildman–Crippen LogP) is 4.97. The van der Waals surface area contributed by atoms with Crippen molar-refractivity contribution < 1.29 is 0 Å². The van der Waals surface area contributed by atoms with Gasteiger partial charge in [-0.3, -0.25) is 0 Å². The van der Waals surface area contributed by atoms with Gasteiger partial charge in [0.05, 0.1) is 0 Å². The highest BCUT2D eigenvalue weighted by Gasteiger charge is 2.07. The van der Waals surface area contributed by atoms with Crippen LogP contribution in [0.1, 0.15) is 27.8 Å². The first-order valence-electron chi connectivity index (χ1n) is 6.40. The average Bonchev–Trinajstić information content (AvgIpc) is 2.26. The number of aryl methyl sites for hydroxylation is 5. The van der Waals surface area contributed by atoms with Crippen molar-refractivity contribution in [3.8, 4) is 0 Å². The van der Waals surface area contributed by atoms with Gasteiger partial charge in [-0.05, 0) is 56.9 Å². The zero-order chi connectivity index (χ0) is 13.3. The van der Waals surface area contributed by atoms with E-state index >= 15 is 0 Å². The van der Waals surface area contributed by atoms with Gasteiger partial charge in [0.2, 0.25) is 0 Å². The molecule has 0 aliphatic heterocycles. The zero-order valence-corrected chi connectivity index (χ0v) is 11.9. The Hall–Kier alpha value is -1.76. The van der Waals surface area contributed by atoms with Crippen molar-refractivity contribution in [2.75, 3.05) is 5.32 Å². The Morgan fingerprint density at radius 3 is 1.61 bits per heavy atom. The van der Waals surface area contributed by atoms with E-state index in [1.807, 2.05) is 0 Å². The maximum absolute atomic E-state index is 3.60. The van der Waals surface area contributed by atoms with Crippen molar-refractivity contribution in [1.29, 1.82) is 0 Å². The summed E-state index contributed by atoms with van der Waals surface area (Å²) in [5, 5.41) is 3.60. The summed E-state index contributed by atoms with van der Waals surface area (Å²) in [5.74, 6) is 0. The summed E-state index contributed by atoms with van der Waals surface area (Å²) in [6.45, 7) is 10.8. The highest BCUT2D eigenvalue weighted by atomic mass is 14.9. The third-order valence-electron chi connectivity index (χ3n) is 3.41. The number of benzene rings is 2. The Balaban J connectivity index is 2.47. The zero-order valence-electron chi connectivity index (χ0n) is 11.9. The van der Waals surface area contributed by atoms with Crippen LogP contribution in [0.2, 0.25) is 0 Å². The first-order chi connectivity index (χ1) is 8.49. The number of anilines is 2. The lowest BCUT2D eigenvalue weighted by atomic mass is 10.0. The molecular formula is C17H21N. The van der Waals surface area contributed by atoms with Gasteiger partial charge in [-0.2, -0.15) is 0 Å². The molecule has 2 aromatic carbocycles. The van der Waals surface area contributed by atoms with Crippen LogP contribution in [0.15, 0.2) is 30.3 Å². The molecule has 0 unspecified atom stereocenters. The Kier molecular flexibility index (Phi) is 3.42. The van der Waals surface area contributed by atoms with E-state index in [2.05, 4.69) is 70.3 Å². The van der Waals surface area contributed by atoms with Crippen molar-refractivity contribution in [3.05, 3.63) is 58.1 Å². The average molecular weight is 239 g/mol. The van der Waals surface area contributed by atoms with Crippen LogP contribution in [-0.2, 0) is 0 Å². The first kappa shape index (κ1) is 12.7. The maximum Gasteiger partial charge on any atom is 0.0443 e. The van der Waals surface area contributed by atoms with Gasteiger partial charge in [0.15, 0.2) is 0 Å². The molecule has 0 aromatic heterocycles. The Bertz CT molecular complexity index is 539. The smallest absolute Gasteiger partial charge is 0.0443 e. The molecular weight excluding hydrogens is 218 g/mol. The summed E-state index contributed by atoms with van der Waals surface area (Å²) in [6, 6.07) is 10.8. The van der Waals surface area contributed by atoms with E-state index in [0.29, 0.717) is 0 Å². The summed E-state index contributed by atoms with van der Waals surface area (Å²) in [5.41, 5.74) is 8.96. The van der Waals surface area contributed by atoms with Crippen LogP contribution < -0.4 is 5.32 Å². The molecule has 0 amide bonds. The molecule has 0 saturated heterocycles. The second-order valence-corrected chi connectivity index (χ2v) is 5.17. The van der Waals surface area contributed by atoms with E-state index in [9.17, 15) is 0 Å². The van der Waals surface area contributed by atoms with Gasteiger partial charge < -0.3 is 5.32 Å². The van der Waals surface area contributed by atoms with Crippen molar-refractivity contribution >= 4 is 11.4 Å². The van der Waals surface area contributed by atoms with Crippen LogP contribution in [0.25, 0.3) is 0 Å². The van der Waals surface area contributed by atoms with Crippen LogP contribution >= 0.6 is 0 Å². The summed E-state index contributed by atoms with van der Waals surface area (Å²) >= 11 is 0. The van der Waals surface area contributed by atoms with Gasteiger partial charge in [-0.15, -0.1) is 0 Å². The van der Waals surface area contributed by atoms with Gasteiger partial charge >= 0.3 is 0 Å². The van der Waals surface area contributed by atoms with Crippen LogP contribution in [-0.4, -0.2) is 0 Å². The molecule has 0 heterocycles. The fourth-order valence-electron chi connectivity index (χ4n) is 2.51. The molecule has 1 heteroatoms. The fourth-order valence-corrected chi connectivity index (χ4v) is 2.51. The lowest BCUT2D eigenvalue weighted by Crippen LogP contribution is -2.00. The molecule has 2 rings (SSSR count). The van der Waals surface area contributed by atoms with E-state index in [-0.39, 0.29) is 0 Å². The second kappa shape index (κ2) is 4.85. The Labute approximate surface area is 110 Å². The Morgan fingerprint density at radius 2 is 1.11 bits per heavy atom. The number of hydrogen-bond acceptors (Lipinski definition) is 1. The largest absolute Gasteiger partial charge is 0.355 e.